The van der Waals surface area contributed by atoms with Gasteiger partial charge in [-0.25, -0.2) is 0 Å². The van der Waals surface area contributed by atoms with Crippen molar-refractivity contribution in [2.24, 2.45) is 0 Å². The maximum atomic E-state index is 5.81. The molecule has 0 radical (unpaired) electrons. The Bertz CT molecular complexity index is 349. The van der Waals surface area contributed by atoms with Crippen molar-refractivity contribution in [3.8, 4) is 0 Å². The first-order chi connectivity index (χ1) is 9.74. The van der Waals surface area contributed by atoms with Gasteiger partial charge in [-0.2, -0.15) is 0 Å². The van der Waals surface area contributed by atoms with Crippen LogP contribution in [0.4, 0.5) is 0 Å². The van der Waals surface area contributed by atoms with Crippen molar-refractivity contribution in [2.75, 3.05) is 13.2 Å². The van der Waals surface area contributed by atoms with Gasteiger partial charge < -0.3 is 10.1 Å². The Labute approximate surface area is 124 Å². The molecule has 2 nitrogen and oxygen atoms in total. The summed E-state index contributed by atoms with van der Waals surface area (Å²) < 4.78 is 5.81. The van der Waals surface area contributed by atoms with Crippen molar-refractivity contribution in [3.05, 3.63) is 35.4 Å². The lowest BCUT2D eigenvalue weighted by atomic mass is 10.1. The Morgan fingerprint density at radius 3 is 2.50 bits per heavy atom. The monoisotopic (exact) mass is 277 g/mol. The molecule has 0 heterocycles. The molecule has 1 aromatic carbocycles. The molecule has 1 N–H and O–H groups in total. The summed E-state index contributed by atoms with van der Waals surface area (Å²) in [5.41, 5.74) is 2.75. The largest absolute Gasteiger partial charge is 0.377 e. The normalized spacial score (nSPS) is 11.2. The minimum atomic E-state index is 0.553. The summed E-state index contributed by atoms with van der Waals surface area (Å²) in [6.45, 7) is 9.28. The molecular weight excluding hydrogens is 246 g/mol. The van der Waals surface area contributed by atoms with Crippen LogP contribution in [0.2, 0.25) is 0 Å². The van der Waals surface area contributed by atoms with Crippen molar-refractivity contribution >= 4 is 0 Å². The van der Waals surface area contributed by atoms with Gasteiger partial charge in [0, 0.05) is 12.6 Å². The van der Waals surface area contributed by atoms with Crippen molar-refractivity contribution in [3.63, 3.8) is 0 Å². The lowest BCUT2D eigenvalue weighted by Crippen LogP contribution is -2.25. The predicted octanol–water partition coefficient (Wildman–Crippen LogP) is 4.32. The molecule has 0 atom stereocenters. The first-order valence-corrected chi connectivity index (χ1v) is 8.12. The molecule has 0 unspecified atom stereocenters. The van der Waals surface area contributed by atoms with Crippen LogP contribution in [0.3, 0.4) is 0 Å². The Balaban J connectivity index is 2.29. The molecular formula is C18H31NO. The summed E-state index contributed by atoms with van der Waals surface area (Å²) >= 11 is 0. The molecule has 0 spiro atoms. The number of rotatable bonds is 11. The molecule has 0 bridgehead atoms. The van der Waals surface area contributed by atoms with Gasteiger partial charge in [-0.15, -0.1) is 0 Å². The zero-order valence-electron chi connectivity index (χ0n) is 13.5. The highest BCUT2D eigenvalue weighted by Gasteiger charge is 2.02. The van der Waals surface area contributed by atoms with Gasteiger partial charge in [-0.05, 0) is 30.5 Å². The number of benzene rings is 1. The van der Waals surface area contributed by atoms with E-state index in [-0.39, 0.29) is 0 Å². The molecule has 0 fully saturated rings. The zero-order valence-corrected chi connectivity index (χ0v) is 13.5. The van der Waals surface area contributed by atoms with E-state index in [9.17, 15) is 0 Å². The lowest BCUT2D eigenvalue weighted by Gasteiger charge is -2.12. The third-order valence-electron chi connectivity index (χ3n) is 3.47. The van der Waals surface area contributed by atoms with Crippen LogP contribution in [0.15, 0.2) is 24.3 Å². The van der Waals surface area contributed by atoms with Gasteiger partial charge in [0.05, 0.1) is 6.61 Å². The number of nitrogens with one attached hydrogen (secondary N) is 1. The lowest BCUT2D eigenvalue weighted by molar-refractivity contribution is 0.116. The topological polar surface area (TPSA) is 21.3 Å². The van der Waals surface area contributed by atoms with Gasteiger partial charge in [0.25, 0.3) is 0 Å². The average molecular weight is 277 g/mol. The third-order valence-corrected chi connectivity index (χ3v) is 3.47. The highest BCUT2D eigenvalue weighted by Crippen LogP contribution is 2.11. The molecule has 1 aromatic rings. The predicted molar refractivity (Wildman–Crippen MR) is 87.1 cm³/mol. The number of ether oxygens (including phenoxy) is 1. The molecule has 1 rings (SSSR count). The Morgan fingerprint density at radius 2 is 1.80 bits per heavy atom. The minimum absolute atomic E-state index is 0.553. The molecule has 0 amide bonds. The van der Waals surface area contributed by atoms with Crippen LogP contribution in [-0.2, 0) is 17.8 Å². The second-order valence-electron chi connectivity index (χ2n) is 5.74. The fraction of sp³-hybridized carbons (Fsp3) is 0.667. The molecule has 0 aliphatic heterocycles. The molecule has 0 saturated carbocycles. The van der Waals surface area contributed by atoms with Gasteiger partial charge >= 0.3 is 0 Å². The van der Waals surface area contributed by atoms with Crippen LogP contribution in [0.5, 0.6) is 0 Å². The highest BCUT2D eigenvalue weighted by molar-refractivity contribution is 5.26. The van der Waals surface area contributed by atoms with Crippen LogP contribution in [0.25, 0.3) is 0 Å². The summed E-state index contributed by atoms with van der Waals surface area (Å²) in [5, 5.41) is 3.47. The van der Waals surface area contributed by atoms with E-state index in [2.05, 4.69) is 50.4 Å². The molecule has 0 aliphatic carbocycles. The fourth-order valence-electron chi connectivity index (χ4n) is 2.25. The maximum Gasteiger partial charge on any atom is 0.0719 e. The molecule has 114 valence electrons. The van der Waals surface area contributed by atoms with Crippen LogP contribution in [0, 0.1) is 0 Å². The van der Waals surface area contributed by atoms with Gasteiger partial charge in [0.15, 0.2) is 0 Å². The average Bonchev–Trinajstić information content (AvgIpc) is 2.44. The highest BCUT2D eigenvalue weighted by atomic mass is 16.5. The Kier molecular flexibility index (Phi) is 9.35. The fourth-order valence-corrected chi connectivity index (χ4v) is 2.25. The van der Waals surface area contributed by atoms with Crippen LogP contribution >= 0.6 is 0 Å². The maximum absolute atomic E-state index is 5.81. The SMILES string of the molecule is CCCCCCOCc1ccccc1CCNC(C)C. The number of unbranched alkanes of at least 4 members (excludes halogenated alkanes) is 3. The van der Waals surface area contributed by atoms with Crippen molar-refractivity contribution in [1.29, 1.82) is 0 Å². The molecule has 0 saturated heterocycles. The molecule has 0 aromatic heterocycles. The standard InChI is InChI=1S/C18H31NO/c1-4-5-6-9-14-20-15-18-11-8-7-10-17(18)12-13-19-16(2)3/h7-8,10-11,16,19H,4-6,9,12-15H2,1-3H3. The van der Waals surface area contributed by atoms with Crippen LogP contribution in [0.1, 0.15) is 57.6 Å². The second kappa shape index (κ2) is 10.9. The smallest absolute Gasteiger partial charge is 0.0719 e. The van der Waals surface area contributed by atoms with Gasteiger partial charge in [0.1, 0.15) is 0 Å². The van der Waals surface area contributed by atoms with Gasteiger partial charge in [-0.3, -0.25) is 0 Å². The van der Waals surface area contributed by atoms with E-state index in [0.29, 0.717) is 6.04 Å². The van der Waals surface area contributed by atoms with Crippen molar-refractivity contribution in [1.82, 2.24) is 5.32 Å². The summed E-state index contributed by atoms with van der Waals surface area (Å²) in [7, 11) is 0. The van der Waals surface area contributed by atoms with E-state index in [1.807, 2.05) is 0 Å². The quantitative estimate of drug-likeness (QED) is 0.608. The minimum Gasteiger partial charge on any atom is -0.377 e. The molecule has 2 heteroatoms. The summed E-state index contributed by atoms with van der Waals surface area (Å²) in [6.07, 6.45) is 6.15. The van der Waals surface area contributed by atoms with E-state index in [4.69, 9.17) is 4.74 Å². The summed E-state index contributed by atoms with van der Waals surface area (Å²) in [6, 6.07) is 9.19. The Morgan fingerprint density at radius 1 is 1.05 bits per heavy atom. The number of hydrogen-bond donors (Lipinski definition) is 1. The van der Waals surface area contributed by atoms with Crippen LogP contribution < -0.4 is 5.32 Å². The molecule has 20 heavy (non-hydrogen) atoms. The molecule has 0 aliphatic rings. The summed E-state index contributed by atoms with van der Waals surface area (Å²) in [5.74, 6) is 0. The first-order valence-electron chi connectivity index (χ1n) is 8.12. The second-order valence-corrected chi connectivity index (χ2v) is 5.74. The first kappa shape index (κ1) is 17.2. The van der Waals surface area contributed by atoms with E-state index in [0.717, 1.165) is 26.2 Å². The van der Waals surface area contributed by atoms with Crippen molar-refractivity contribution in [2.45, 2.75) is 65.5 Å². The number of hydrogen-bond acceptors (Lipinski definition) is 2. The Hall–Kier alpha value is -0.860. The van der Waals surface area contributed by atoms with E-state index in [1.165, 1.54) is 36.8 Å². The third kappa shape index (κ3) is 7.66. The van der Waals surface area contributed by atoms with Gasteiger partial charge in [-0.1, -0.05) is 64.3 Å². The van der Waals surface area contributed by atoms with Gasteiger partial charge in [0.2, 0.25) is 0 Å². The van der Waals surface area contributed by atoms with Crippen molar-refractivity contribution < 1.29 is 4.74 Å². The zero-order chi connectivity index (χ0) is 14.6. The van der Waals surface area contributed by atoms with E-state index < -0.39 is 0 Å². The van der Waals surface area contributed by atoms with Crippen LogP contribution in [-0.4, -0.2) is 19.2 Å². The summed E-state index contributed by atoms with van der Waals surface area (Å²) in [4.78, 5) is 0. The van der Waals surface area contributed by atoms with E-state index >= 15 is 0 Å². The van der Waals surface area contributed by atoms with E-state index in [1.54, 1.807) is 0 Å².